The highest BCUT2D eigenvalue weighted by Gasteiger charge is 2.29. The van der Waals surface area contributed by atoms with Crippen molar-refractivity contribution in [2.45, 2.75) is 12.8 Å². The largest absolute Gasteiger partial charge is 0.469 e. The van der Waals surface area contributed by atoms with Gasteiger partial charge in [0.05, 0.1) is 18.6 Å². The predicted octanol–water partition coefficient (Wildman–Crippen LogP) is 0.665. The number of ether oxygens (including phenoxy) is 1. The first-order valence-electron chi connectivity index (χ1n) is 6.08. The van der Waals surface area contributed by atoms with E-state index in [9.17, 15) is 14.4 Å². The van der Waals surface area contributed by atoms with E-state index in [0.717, 1.165) is 19.1 Å². The van der Waals surface area contributed by atoms with E-state index in [1.807, 2.05) is 0 Å². The zero-order valence-corrected chi connectivity index (χ0v) is 10.6. The predicted molar refractivity (Wildman–Crippen MR) is 65.6 cm³/mol. The molecule has 0 saturated carbocycles. The molecular formula is C13H15NO5. The van der Waals surface area contributed by atoms with Gasteiger partial charge in [-0.05, 0) is 18.9 Å². The Hall–Kier alpha value is -2.11. The van der Waals surface area contributed by atoms with Gasteiger partial charge in [0.15, 0.2) is 0 Å². The first-order valence-corrected chi connectivity index (χ1v) is 6.08. The minimum Gasteiger partial charge on any atom is -0.469 e. The minimum atomic E-state index is -0.498. The highest BCUT2D eigenvalue weighted by atomic mass is 16.5. The van der Waals surface area contributed by atoms with Crippen LogP contribution in [-0.4, -0.2) is 37.0 Å². The average Bonchev–Trinajstić information content (AvgIpc) is 2.46. The summed E-state index contributed by atoms with van der Waals surface area (Å²) in [4.78, 5) is 36.1. The van der Waals surface area contributed by atoms with Crippen molar-refractivity contribution < 1.29 is 18.7 Å². The molecule has 102 valence electrons. The van der Waals surface area contributed by atoms with E-state index in [1.54, 1.807) is 4.90 Å². The van der Waals surface area contributed by atoms with E-state index in [-0.39, 0.29) is 17.8 Å². The molecule has 6 heteroatoms. The van der Waals surface area contributed by atoms with Crippen molar-refractivity contribution >= 4 is 11.9 Å². The first kappa shape index (κ1) is 13.3. The fourth-order valence-corrected chi connectivity index (χ4v) is 2.18. The zero-order chi connectivity index (χ0) is 13.8. The molecule has 0 aromatic carbocycles. The molecule has 1 atom stereocenters. The Morgan fingerprint density at radius 3 is 2.84 bits per heavy atom. The number of hydrogen-bond donors (Lipinski definition) is 0. The van der Waals surface area contributed by atoms with Crippen LogP contribution in [0.4, 0.5) is 0 Å². The lowest BCUT2D eigenvalue weighted by atomic mass is 9.98. The molecule has 1 fully saturated rings. The number of rotatable bonds is 2. The van der Waals surface area contributed by atoms with E-state index in [1.165, 1.54) is 19.2 Å². The Morgan fingerprint density at radius 2 is 2.21 bits per heavy atom. The standard InChI is InChI=1S/C13H15NO5/c1-18-13(17)9-3-2-6-14(7-9)12(16)10-4-5-11(15)19-8-10/h4-5,8-9H,2-3,6-7H2,1H3/t9-/m0/s1. The lowest BCUT2D eigenvalue weighted by Gasteiger charge is -2.31. The molecule has 1 aliphatic heterocycles. The molecule has 1 amide bonds. The molecule has 0 radical (unpaired) electrons. The smallest absolute Gasteiger partial charge is 0.335 e. The first-order chi connectivity index (χ1) is 9.11. The summed E-state index contributed by atoms with van der Waals surface area (Å²) in [5.41, 5.74) is -0.187. The van der Waals surface area contributed by atoms with Gasteiger partial charge >= 0.3 is 11.6 Å². The Labute approximate surface area is 110 Å². The summed E-state index contributed by atoms with van der Waals surface area (Å²) < 4.78 is 9.37. The molecular weight excluding hydrogens is 250 g/mol. The summed E-state index contributed by atoms with van der Waals surface area (Å²) >= 11 is 0. The fraction of sp³-hybridized carbons (Fsp3) is 0.462. The molecule has 0 N–H and O–H groups in total. The maximum atomic E-state index is 12.2. The monoisotopic (exact) mass is 265 g/mol. The number of carbonyl (C=O) groups is 2. The number of hydrogen-bond acceptors (Lipinski definition) is 5. The van der Waals surface area contributed by atoms with Gasteiger partial charge in [0.2, 0.25) is 0 Å². The number of nitrogens with zero attached hydrogens (tertiary/aromatic N) is 1. The molecule has 2 rings (SSSR count). The Balaban J connectivity index is 2.08. The van der Waals surface area contributed by atoms with E-state index in [0.29, 0.717) is 18.7 Å². The van der Waals surface area contributed by atoms with Crippen LogP contribution in [0.25, 0.3) is 0 Å². The van der Waals surface area contributed by atoms with Crippen LogP contribution in [0.3, 0.4) is 0 Å². The normalized spacial score (nSPS) is 19.0. The van der Waals surface area contributed by atoms with Crippen molar-refractivity contribution in [1.29, 1.82) is 0 Å². The van der Waals surface area contributed by atoms with Gasteiger partial charge in [-0.3, -0.25) is 9.59 Å². The minimum absolute atomic E-state index is 0.239. The summed E-state index contributed by atoms with van der Waals surface area (Å²) in [5, 5.41) is 0. The van der Waals surface area contributed by atoms with Gasteiger partial charge in [0.25, 0.3) is 5.91 Å². The molecule has 6 nitrogen and oxygen atoms in total. The molecule has 1 saturated heterocycles. The molecule has 1 aromatic heterocycles. The third kappa shape index (κ3) is 3.01. The Bertz CT molecular complexity index is 516. The van der Waals surface area contributed by atoms with Gasteiger partial charge in [-0.15, -0.1) is 0 Å². The lowest BCUT2D eigenvalue weighted by Crippen LogP contribution is -2.42. The van der Waals surface area contributed by atoms with Crippen molar-refractivity contribution in [3.05, 3.63) is 34.4 Å². The maximum absolute atomic E-state index is 12.2. The highest BCUT2D eigenvalue weighted by Crippen LogP contribution is 2.19. The number of esters is 1. The Morgan fingerprint density at radius 1 is 1.42 bits per heavy atom. The molecule has 0 aliphatic carbocycles. The van der Waals surface area contributed by atoms with Gasteiger partial charge in [-0.25, -0.2) is 4.79 Å². The third-order valence-electron chi connectivity index (χ3n) is 3.19. The van der Waals surface area contributed by atoms with E-state index >= 15 is 0 Å². The van der Waals surface area contributed by atoms with E-state index in [2.05, 4.69) is 4.42 Å². The second-order valence-electron chi connectivity index (χ2n) is 4.46. The van der Waals surface area contributed by atoms with Crippen LogP contribution < -0.4 is 5.63 Å². The quantitative estimate of drug-likeness (QED) is 0.734. The second kappa shape index (κ2) is 5.69. The van der Waals surface area contributed by atoms with Crippen molar-refractivity contribution in [1.82, 2.24) is 4.90 Å². The van der Waals surface area contributed by atoms with Crippen molar-refractivity contribution in [2.75, 3.05) is 20.2 Å². The highest BCUT2D eigenvalue weighted by molar-refractivity contribution is 5.94. The molecule has 0 unspecified atom stereocenters. The van der Waals surface area contributed by atoms with Gasteiger partial charge in [0.1, 0.15) is 6.26 Å². The number of amides is 1. The van der Waals surface area contributed by atoms with Crippen molar-refractivity contribution in [2.24, 2.45) is 5.92 Å². The molecule has 2 heterocycles. The molecule has 19 heavy (non-hydrogen) atoms. The molecule has 1 aromatic rings. The Kier molecular flexibility index (Phi) is 3.99. The number of carbonyl (C=O) groups excluding carboxylic acids is 2. The van der Waals surface area contributed by atoms with Crippen LogP contribution in [0.2, 0.25) is 0 Å². The number of piperidine rings is 1. The SMILES string of the molecule is COC(=O)[C@H]1CCCN(C(=O)c2ccc(=O)oc2)C1. The van der Waals surface area contributed by atoms with Gasteiger partial charge in [-0.1, -0.05) is 0 Å². The maximum Gasteiger partial charge on any atom is 0.335 e. The van der Waals surface area contributed by atoms with Crippen LogP contribution in [0, 0.1) is 5.92 Å². The zero-order valence-electron chi connectivity index (χ0n) is 10.6. The molecule has 0 bridgehead atoms. The van der Waals surface area contributed by atoms with Gasteiger partial charge in [-0.2, -0.15) is 0 Å². The summed E-state index contributed by atoms with van der Waals surface area (Å²) in [6, 6.07) is 2.63. The fourth-order valence-electron chi connectivity index (χ4n) is 2.18. The van der Waals surface area contributed by atoms with E-state index < -0.39 is 5.63 Å². The summed E-state index contributed by atoms with van der Waals surface area (Å²) in [5.74, 6) is -0.812. The van der Waals surface area contributed by atoms with Crippen LogP contribution in [0.15, 0.2) is 27.6 Å². The third-order valence-corrected chi connectivity index (χ3v) is 3.19. The lowest BCUT2D eigenvalue weighted by molar-refractivity contribution is -0.146. The van der Waals surface area contributed by atoms with E-state index in [4.69, 9.17) is 4.74 Å². The van der Waals surface area contributed by atoms with Crippen molar-refractivity contribution in [3.8, 4) is 0 Å². The van der Waals surface area contributed by atoms with Crippen LogP contribution in [0.1, 0.15) is 23.2 Å². The van der Waals surface area contributed by atoms with Gasteiger partial charge < -0.3 is 14.1 Å². The summed E-state index contributed by atoms with van der Waals surface area (Å²) in [7, 11) is 1.34. The number of methoxy groups -OCH3 is 1. The topological polar surface area (TPSA) is 76.8 Å². The van der Waals surface area contributed by atoms with Crippen LogP contribution in [-0.2, 0) is 9.53 Å². The molecule has 0 spiro atoms. The second-order valence-corrected chi connectivity index (χ2v) is 4.46. The number of likely N-dealkylation sites (tertiary alicyclic amines) is 1. The average molecular weight is 265 g/mol. The summed E-state index contributed by atoms with van der Waals surface area (Å²) in [6.07, 6.45) is 2.62. The molecule has 1 aliphatic rings. The van der Waals surface area contributed by atoms with Crippen LogP contribution in [0.5, 0.6) is 0 Å². The van der Waals surface area contributed by atoms with Gasteiger partial charge in [0, 0.05) is 19.2 Å². The van der Waals surface area contributed by atoms with Crippen molar-refractivity contribution in [3.63, 3.8) is 0 Å². The summed E-state index contributed by atoms with van der Waals surface area (Å²) in [6.45, 7) is 0.927. The van der Waals surface area contributed by atoms with Crippen LogP contribution >= 0.6 is 0 Å².